The lowest BCUT2D eigenvalue weighted by Gasteiger charge is -1.88. The van der Waals surface area contributed by atoms with Crippen molar-refractivity contribution in [3.63, 3.8) is 0 Å². The molecule has 0 aromatic heterocycles. The zero-order chi connectivity index (χ0) is 6.95. The van der Waals surface area contributed by atoms with Crippen molar-refractivity contribution in [2.75, 3.05) is 10.3 Å². The molecule has 0 N–H and O–H groups in total. The summed E-state index contributed by atoms with van der Waals surface area (Å²) < 4.78 is 1.12. The molecule has 0 aliphatic carbocycles. The average Bonchev–Trinajstić information content (AvgIpc) is 1.89. The first-order valence-electron chi connectivity index (χ1n) is 3.18. The smallest absolute Gasteiger partial charge is 0.0223 e. The quantitative estimate of drug-likeness (QED) is 0.307. The summed E-state index contributed by atoms with van der Waals surface area (Å²) in [4.78, 5) is 0. The second kappa shape index (κ2) is 8.76. The average molecular weight is 259 g/mol. The predicted molar refractivity (Wildman–Crippen MR) is 52.6 cm³/mol. The second-order valence-corrected chi connectivity index (χ2v) is 3.07. The Hall–Kier alpha value is 0.760. The van der Waals surface area contributed by atoms with Gasteiger partial charge in [0.1, 0.15) is 0 Å². The van der Waals surface area contributed by atoms with Crippen molar-refractivity contribution in [1.82, 2.24) is 0 Å². The molecule has 0 amide bonds. The standard InChI is InChI=1S/C7H12ClI/c8-6-4-2-1-3-5-7-9/h3,5H,1-2,4,6-7H2. The molecule has 0 saturated carbocycles. The number of rotatable bonds is 5. The van der Waals surface area contributed by atoms with Crippen LogP contribution in [-0.4, -0.2) is 10.3 Å². The Kier molecular flexibility index (Phi) is 9.50. The first-order chi connectivity index (χ1) is 4.41. The van der Waals surface area contributed by atoms with Crippen LogP contribution in [0.1, 0.15) is 19.3 Å². The fourth-order valence-electron chi connectivity index (χ4n) is 0.538. The number of allylic oxidation sites excluding steroid dienone is 2. The maximum absolute atomic E-state index is 5.49. The Morgan fingerprint density at radius 3 is 2.56 bits per heavy atom. The lowest BCUT2D eigenvalue weighted by Crippen LogP contribution is -1.73. The summed E-state index contributed by atoms with van der Waals surface area (Å²) in [5.74, 6) is 0.804. The molecular formula is C7H12ClI. The first kappa shape index (κ1) is 9.76. The summed E-state index contributed by atoms with van der Waals surface area (Å²) in [6, 6.07) is 0. The fraction of sp³-hybridized carbons (Fsp3) is 0.714. The van der Waals surface area contributed by atoms with E-state index in [1.807, 2.05) is 0 Å². The van der Waals surface area contributed by atoms with Gasteiger partial charge in [-0.25, -0.2) is 0 Å². The Morgan fingerprint density at radius 2 is 2.00 bits per heavy atom. The van der Waals surface area contributed by atoms with Gasteiger partial charge in [-0.2, -0.15) is 0 Å². The molecule has 0 aliphatic heterocycles. The van der Waals surface area contributed by atoms with Gasteiger partial charge < -0.3 is 0 Å². The van der Waals surface area contributed by atoms with Crippen molar-refractivity contribution in [3.8, 4) is 0 Å². The van der Waals surface area contributed by atoms with Crippen molar-refractivity contribution in [2.45, 2.75) is 19.3 Å². The van der Waals surface area contributed by atoms with Crippen molar-refractivity contribution in [2.24, 2.45) is 0 Å². The minimum Gasteiger partial charge on any atom is -0.127 e. The fourth-order valence-corrected chi connectivity index (χ4v) is 1.09. The van der Waals surface area contributed by atoms with Crippen molar-refractivity contribution in [3.05, 3.63) is 12.2 Å². The van der Waals surface area contributed by atoms with Crippen LogP contribution in [0.5, 0.6) is 0 Å². The SMILES string of the molecule is ClCCCCC=CCI. The zero-order valence-corrected chi connectivity index (χ0v) is 8.36. The molecule has 0 radical (unpaired) electrons. The highest BCUT2D eigenvalue weighted by Gasteiger charge is 1.80. The van der Waals surface area contributed by atoms with Crippen LogP contribution in [0.15, 0.2) is 12.2 Å². The van der Waals surface area contributed by atoms with E-state index in [0.717, 1.165) is 16.7 Å². The van der Waals surface area contributed by atoms with E-state index < -0.39 is 0 Å². The van der Waals surface area contributed by atoms with E-state index >= 15 is 0 Å². The van der Waals surface area contributed by atoms with Crippen LogP contribution in [0.2, 0.25) is 0 Å². The molecule has 0 heterocycles. The van der Waals surface area contributed by atoms with E-state index in [2.05, 4.69) is 34.7 Å². The van der Waals surface area contributed by atoms with E-state index in [1.54, 1.807) is 0 Å². The molecule has 0 spiro atoms. The van der Waals surface area contributed by atoms with Crippen LogP contribution in [0.3, 0.4) is 0 Å². The maximum atomic E-state index is 5.49. The molecule has 0 nitrogen and oxygen atoms in total. The van der Waals surface area contributed by atoms with Gasteiger partial charge in [-0.05, 0) is 19.3 Å². The van der Waals surface area contributed by atoms with Crippen molar-refractivity contribution >= 4 is 34.2 Å². The van der Waals surface area contributed by atoms with Crippen molar-refractivity contribution < 1.29 is 0 Å². The molecule has 0 aliphatic rings. The van der Waals surface area contributed by atoms with Gasteiger partial charge >= 0.3 is 0 Å². The summed E-state index contributed by atoms with van der Waals surface area (Å²) in [6.45, 7) is 0. The second-order valence-electron chi connectivity index (χ2n) is 1.81. The molecule has 0 fully saturated rings. The number of halogens is 2. The van der Waals surface area contributed by atoms with Crippen LogP contribution in [0.25, 0.3) is 0 Å². The van der Waals surface area contributed by atoms with Gasteiger partial charge in [-0.1, -0.05) is 34.7 Å². The molecule has 2 heteroatoms. The highest BCUT2D eigenvalue weighted by Crippen LogP contribution is 1.98. The van der Waals surface area contributed by atoms with Crippen LogP contribution < -0.4 is 0 Å². The number of alkyl halides is 2. The summed E-state index contributed by atoms with van der Waals surface area (Å²) >= 11 is 7.82. The van der Waals surface area contributed by atoms with Gasteiger partial charge in [0.2, 0.25) is 0 Å². The van der Waals surface area contributed by atoms with Crippen LogP contribution in [0.4, 0.5) is 0 Å². The third-order valence-corrected chi connectivity index (χ3v) is 1.79. The highest BCUT2D eigenvalue weighted by atomic mass is 127. The summed E-state index contributed by atoms with van der Waals surface area (Å²) in [7, 11) is 0. The third kappa shape index (κ3) is 8.76. The topological polar surface area (TPSA) is 0 Å². The molecule has 0 atom stereocenters. The molecule has 0 saturated heterocycles. The molecule has 54 valence electrons. The highest BCUT2D eigenvalue weighted by molar-refractivity contribution is 14.1. The Bertz CT molecular complexity index is 71.3. The lowest BCUT2D eigenvalue weighted by molar-refractivity contribution is 0.819. The van der Waals surface area contributed by atoms with Gasteiger partial charge in [-0.15, -0.1) is 11.6 Å². The van der Waals surface area contributed by atoms with Gasteiger partial charge in [0, 0.05) is 10.3 Å². The number of unbranched alkanes of at least 4 members (excludes halogenated alkanes) is 2. The van der Waals surface area contributed by atoms with E-state index in [9.17, 15) is 0 Å². The minimum absolute atomic E-state index is 0.804. The molecule has 0 aromatic carbocycles. The van der Waals surface area contributed by atoms with Gasteiger partial charge in [-0.3, -0.25) is 0 Å². The lowest BCUT2D eigenvalue weighted by atomic mass is 10.2. The Labute approximate surface area is 75.8 Å². The van der Waals surface area contributed by atoms with E-state index in [0.29, 0.717) is 0 Å². The zero-order valence-electron chi connectivity index (χ0n) is 5.45. The molecule has 0 bridgehead atoms. The largest absolute Gasteiger partial charge is 0.127 e. The molecule has 0 aromatic rings. The Balaban J connectivity index is 2.82. The van der Waals surface area contributed by atoms with Crippen molar-refractivity contribution in [1.29, 1.82) is 0 Å². The summed E-state index contributed by atoms with van der Waals surface area (Å²) in [6.07, 6.45) is 7.98. The number of hydrogen-bond acceptors (Lipinski definition) is 0. The van der Waals surface area contributed by atoms with Crippen LogP contribution >= 0.6 is 34.2 Å². The monoisotopic (exact) mass is 258 g/mol. The third-order valence-electron chi connectivity index (χ3n) is 1.01. The maximum Gasteiger partial charge on any atom is 0.0223 e. The minimum atomic E-state index is 0.804. The molecule has 9 heavy (non-hydrogen) atoms. The summed E-state index contributed by atoms with van der Waals surface area (Å²) in [5, 5.41) is 0. The van der Waals surface area contributed by atoms with Gasteiger partial charge in [0.25, 0.3) is 0 Å². The first-order valence-corrected chi connectivity index (χ1v) is 5.24. The normalized spacial score (nSPS) is 10.9. The number of hydrogen-bond donors (Lipinski definition) is 0. The molecule has 0 rings (SSSR count). The van der Waals surface area contributed by atoms with Crippen LogP contribution in [-0.2, 0) is 0 Å². The van der Waals surface area contributed by atoms with Gasteiger partial charge in [0.15, 0.2) is 0 Å². The predicted octanol–water partition coefficient (Wildman–Crippen LogP) is 3.39. The molecular weight excluding hydrogens is 246 g/mol. The van der Waals surface area contributed by atoms with E-state index in [4.69, 9.17) is 11.6 Å². The Morgan fingerprint density at radius 1 is 1.22 bits per heavy atom. The van der Waals surface area contributed by atoms with E-state index in [-0.39, 0.29) is 0 Å². The van der Waals surface area contributed by atoms with E-state index in [1.165, 1.54) is 12.8 Å². The molecule has 0 unspecified atom stereocenters. The van der Waals surface area contributed by atoms with Gasteiger partial charge in [0.05, 0.1) is 0 Å². The van der Waals surface area contributed by atoms with Crippen LogP contribution in [0, 0.1) is 0 Å². The summed E-state index contributed by atoms with van der Waals surface area (Å²) in [5.41, 5.74) is 0.